The first-order chi connectivity index (χ1) is 15.0. The largest absolute Gasteiger partial charge is 0.325 e. The van der Waals surface area contributed by atoms with Crippen LogP contribution in [0.1, 0.15) is 29.7 Å². The van der Waals surface area contributed by atoms with Gasteiger partial charge < -0.3 is 5.32 Å². The molecule has 2 aromatic heterocycles. The number of amides is 1. The van der Waals surface area contributed by atoms with E-state index in [-0.39, 0.29) is 17.2 Å². The number of carbonyl (C=O) groups is 1. The lowest BCUT2D eigenvalue weighted by Crippen LogP contribution is -2.24. The normalized spacial score (nSPS) is 13.6. The molecule has 0 bridgehead atoms. The molecule has 2 heterocycles. The zero-order valence-electron chi connectivity index (χ0n) is 16.7. The Kier molecular flexibility index (Phi) is 7.06. The molecule has 9 heteroatoms. The molecule has 1 aliphatic carbocycles. The average molecular weight is 494 g/mol. The van der Waals surface area contributed by atoms with Crippen molar-refractivity contribution in [3.05, 3.63) is 61.7 Å². The number of benzene rings is 1. The zero-order valence-corrected chi connectivity index (χ0v) is 19.9. The third kappa shape index (κ3) is 5.00. The smallest absolute Gasteiger partial charge is 0.263 e. The number of fused-ring (bicyclic) bond motifs is 3. The molecule has 0 spiro atoms. The molecule has 3 aromatic rings. The lowest BCUT2D eigenvalue weighted by Gasteiger charge is -2.11. The number of thioether (sulfide) groups is 1. The van der Waals surface area contributed by atoms with Crippen molar-refractivity contribution >= 4 is 68.1 Å². The quantitative estimate of drug-likeness (QED) is 0.199. The molecule has 1 amide bonds. The highest BCUT2D eigenvalue weighted by atomic mass is 35.5. The molecule has 0 atom stereocenters. The van der Waals surface area contributed by atoms with E-state index in [1.807, 2.05) is 0 Å². The summed E-state index contributed by atoms with van der Waals surface area (Å²) < 4.78 is 1.61. The number of thiophene rings is 1. The molecule has 0 saturated carbocycles. The predicted octanol–water partition coefficient (Wildman–Crippen LogP) is 5.95. The third-order valence-electron chi connectivity index (χ3n) is 5.08. The first-order valence-electron chi connectivity index (χ1n) is 10.0. The summed E-state index contributed by atoms with van der Waals surface area (Å²) in [7, 11) is 0. The van der Waals surface area contributed by atoms with E-state index in [0.717, 1.165) is 35.9 Å². The van der Waals surface area contributed by atoms with Crippen LogP contribution in [0.2, 0.25) is 10.0 Å². The number of halogens is 2. The number of hydrogen-bond acceptors (Lipinski definition) is 5. The summed E-state index contributed by atoms with van der Waals surface area (Å²) in [6.07, 6.45) is 7.05. The number of carbonyl (C=O) groups excluding carboxylic acids is 1. The summed E-state index contributed by atoms with van der Waals surface area (Å²) in [5.41, 5.74) is 1.64. The van der Waals surface area contributed by atoms with Gasteiger partial charge in [-0.1, -0.05) is 47.5 Å². The van der Waals surface area contributed by atoms with Gasteiger partial charge in [-0.15, -0.1) is 17.9 Å². The maximum atomic E-state index is 13.3. The van der Waals surface area contributed by atoms with E-state index in [2.05, 4.69) is 11.9 Å². The molecule has 0 unspecified atom stereocenters. The fraction of sp³-hybridized carbons (Fsp3) is 0.318. The number of rotatable bonds is 6. The molecule has 1 aliphatic rings. The van der Waals surface area contributed by atoms with Gasteiger partial charge in [-0.05, 0) is 49.4 Å². The Bertz CT molecular complexity index is 1200. The number of anilines is 1. The maximum absolute atomic E-state index is 13.3. The summed E-state index contributed by atoms with van der Waals surface area (Å²) in [5.74, 6) is -0.130. The van der Waals surface area contributed by atoms with E-state index in [9.17, 15) is 9.59 Å². The van der Waals surface area contributed by atoms with Crippen LogP contribution in [0.15, 0.2) is 40.8 Å². The van der Waals surface area contributed by atoms with Crippen LogP contribution >= 0.6 is 46.3 Å². The fourth-order valence-electron chi connectivity index (χ4n) is 3.75. The fourth-order valence-corrected chi connectivity index (χ4v) is 6.39. The van der Waals surface area contributed by atoms with Crippen LogP contribution in [0.3, 0.4) is 0 Å². The standard InChI is InChI=1S/C22H21Cl2N3O2S2/c1-2-8-27-21(29)19-16-6-4-3-5-7-17(16)31-20(19)26-22(27)30-12-18(28)25-15-10-13(23)9-14(24)11-15/h2,9-11H,1,3-8,12H2,(H,25,28). The summed E-state index contributed by atoms with van der Waals surface area (Å²) in [4.78, 5) is 32.6. The number of nitrogens with one attached hydrogen (secondary N) is 1. The first-order valence-corrected chi connectivity index (χ1v) is 12.6. The van der Waals surface area contributed by atoms with Crippen molar-refractivity contribution in [3.8, 4) is 0 Å². The summed E-state index contributed by atoms with van der Waals surface area (Å²) in [6.45, 7) is 4.12. The van der Waals surface area contributed by atoms with Crippen molar-refractivity contribution in [1.82, 2.24) is 9.55 Å². The number of aromatic nitrogens is 2. The van der Waals surface area contributed by atoms with E-state index < -0.39 is 0 Å². The molecule has 0 aliphatic heterocycles. The van der Waals surface area contributed by atoms with Gasteiger partial charge in [0.2, 0.25) is 5.91 Å². The zero-order chi connectivity index (χ0) is 22.0. The monoisotopic (exact) mass is 493 g/mol. The molecule has 0 saturated heterocycles. The van der Waals surface area contributed by atoms with Crippen molar-refractivity contribution in [2.45, 2.75) is 43.8 Å². The Labute approximate surface area is 198 Å². The molecule has 31 heavy (non-hydrogen) atoms. The van der Waals surface area contributed by atoms with Gasteiger partial charge in [-0.3, -0.25) is 14.2 Å². The predicted molar refractivity (Wildman–Crippen MR) is 131 cm³/mol. The molecule has 162 valence electrons. The number of aryl methyl sites for hydroxylation is 2. The third-order valence-corrected chi connectivity index (χ3v) is 7.68. The van der Waals surface area contributed by atoms with Gasteiger partial charge in [0.15, 0.2) is 5.16 Å². The topological polar surface area (TPSA) is 64.0 Å². The van der Waals surface area contributed by atoms with E-state index in [4.69, 9.17) is 28.2 Å². The molecule has 1 N–H and O–H groups in total. The lowest BCUT2D eigenvalue weighted by atomic mass is 10.1. The Morgan fingerprint density at radius 2 is 1.97 bits per heavy atom. The second kappa shape index (κ2) is 9.77. The number of nitrogens with zero attached hydrogens (tertiary/aromatic N) is 2. The van der Waals surface area contributed by atoms with Crippen LogP contribution in [0.5, 0.6) is 0 Å². The Morgan fingerprint density at radius 1 is 1.23 bits per heavy atom. The highest BCUT2D eigenvalue weighted by Gasteiger charge is 2.21. The van der Waals surface area contributed by atoms with Gasteiger partial charge in [0, 0.05) is 27.2 Å². The average Bonchev–Trinajstić information content (AvgIpc) is 2.89. The van der Waals surface area contributed by atoms with Gasteiger partial charge in [-0.25, -0.2) is 4.98 Å². The Hall–Kier alpha value is -1.80. The Morgan fingerprint density at radius 3 is 2.71 bits per heavy atom. The van der Waals surface area contributed by atoms with Crippen LogP contribution in [0.4, 0.5) is 5.69 Å². The minimum absolute atomic E-state index is 0.0474. The highest BCUT2D eigenvalue weighted by Crippen LogP contribution is 2.34. The number of allylic oxidation sites excluding steroid dienone is 1. The molecule has 0 fully saturated rings. The van der Waals surface area contributed by atoms with Crippen molar-refractivity contribution in [2.24, 2.45) is 0 Å². The van der Waals surface area contributed by atoms with E-state index in [1.54, 1.807) is 40.2 Å². The Balaban J connectivity index is 1.60. The molecule has 4 rings (SSSR count). The van der Waals surface area contributed by atoms with Gasteiger partial charge in [0.1, 0.15) is 4.83 Å². The van der Waals surface area contributed by atoms with E-state index in [1.165, 1.54) is 28.6 Å². The SMILES string of the molecule is C=CCn1c(SCC(=O)Nc2cc(Cl)cc(Cl)c2)nc2sc3c(c2c1=O)CCCCC3. The van der Waals surface area contributed by atoms with Crippen molar-refractivity contribution in [3.63, 3.8) is 0 Å². The van der Waals surface area contributed by atoms with Crippen LogP contribution < -0.4 is 10.9 Å². The van der Waals surface area contributed by atoms with Gasteiger partial charge >= 0.3 is 0 Å². The van der Waals surface area contributed by atoms with Crippen LogP contribution in [-0.2, 0) is 24.2 Å². The van der Waals surface area contributed by atoms with Crippen molar-refractivity contribution in [2.75, 3.05) is 11.1 Å². The van der Waals surface area contributed by atoms with Gasteiger partial charge in [-0.2, -0.15) is 0 Å². The van der Waals surface area contributed by atoms with Crippen molar-refractivity contribution < 1.29 is 4.79 Å². The minimum atomic E-state index is -0.232. The second-order valence-electron chi connectivity index (χ2n) is 7.34. The molecule has 0 radical (unpaired) electrons. The van der Waals surface area contributed by atoms with Crippen LogP contribution in [0.25, 0.3) is 10.2 Å². The van der Waals surface area contributed by atoms with Gasteiger partial charge in [0.05, 0.1) is 11.1 Å². The molecule has 1 aromatic carbocycles. The van der Waals surface area contributed by atoms with Gasteiger partial charge in [0.25, 0.3) is 5.56 Å². The summed E-state index contributed by atoms with van der Waals surface area (Å²) in [5, 5.41) is 4.93. The number of hydrogen-bond donors (Lipinski definition) is 1. The van der Waals surface area contributed by atoms with E-state index >= 15 is 0 Å². The highest BCUT2D eigenvalue weighted by molar-refractivity contribution is 7.99. The van der Waals surface area contributed by atoms with Crippen molar-refractivity contribution in [1.29, 1.82) is 0 Å². The van der Waals surface area contributed by atoms with Crippen LogP contribution in [-0.4, -0.2) is 21.2 Å². The minimum Gasteiger partial charge on any atom is -0.325 e. The molecular formula is C22H21Cl2N3O2S2. The van der Waals surface area contributed by atoms with E-state index in [0.29, 0.717) is 27.4 Å². The summed E-state index contributed by atoms with van der Waals surface area (Å²) >= 11 is 14.8. The summed E-state index contributed by atoms with van der Waals surface area (Å²) in [6, 6.07) is 4.86. The first kappa shape index (κ1) is 22.4. The molecular weight excluding hydrogens is 473 g/mol. The second-order valence-corrected chi connectivity index (χ2v) is 10.2. The molecule has 5 nitrogen and oxygen atoms in total. The maximum Gasteiger partial charge on any atom is 0.263 e. The lowest BCUT2D eigenvalue weighted by molar-refractivity contribution is -0.113. The van der Waals surface area contributed by atoms with Crippen LogP contribution in [0, 0.1) is 0 Å².